The molecule has 1 aliphatic rings. The Kier molecular flexibility index (Phi) is 5.84. The first-order valence-corrected chi connectivity index (χ1v) is 11.3. The maximum Gasteiger partial charge on any atom is 0.254 e. The van der Waals surface area contributed by atoms with Crippen LogP contribution in [0.5, 0.6) is 5.75 Å². The molecule has 1 amide bonds. The number of hydrogen-bond donors (Lipinski definition) is 1. The Morgan fingerprint density at radius 3 is 2.76 bits per heavy atom. The Hall–Kier alpha value is -3.64. The third-order valence-corrected chi connectivity index (χ3v) is 6.00. The summed E-state index contributed by atoms with van der Waals surface area (Å²) < 4.78 is 11.3. The lowest BCUT2D eigenvalue weighted by Crippen LogP contribution is -2.40. The van der Waals surface area contributed by atoms with E-state index < -0.39 is 0 Å². The molecular formula is C27H27N3O3. The first kappa shape index (κ1) is 21.2. The molecule has 0 aliphatic carbocycles. The van der Waals surface area contributed by atoms with Crippen molar-refractivity contribution in [1.82, 2.24) is 14.9 Å². The molecule has 1 fully saturated rings. The van der Waals surface area contributed by atoms with Crippen LogP contribution in [0.4, 0.5) is 0 Å². The van der Waals surface area contributed by atoms with Crippen molar-refractivity contribution in [3.63, 3.8) is 0 Å². The largest absolute Gasteiger partial charge is 0.493 e. The maximum atomic E-state index is 13.0. The smallest absolute Gasteiger partial charge is 0.254 e. The number of rotatable bonds is 5. The number of pyridine rings is 1. The van der Waals surface area contributed by atoms with Crippen LogP contribution in [-0.4, -0.2) is 53.7 Å². The van der Waals surface area contributed by atoms with Crippen molar-refractivity contribution in [1.29, 1.82) is 0 Å². The van der Waals surface area contributed by atoms with Crippen LogP contribution in [0.2, 0.25) is 0 Å². The van der Waals surface area contributed by atoms with Crippen LogP contribution in [0, 0.1) is 6.92 Å². The van der Waals surface area contributed by atoms with Gasteiger partial charge in [-0.15, -0.1) is 0 Å². The summed E-state index contributed by atoms with van der Waals surface area (Å²) in [6, 6.07) is 16.1. The molecule has 168 valence electrons. The molecule has 1 saturated heterocycles. The van der Waals surface area contributed by atoms with Crippen LogP contribution >= 0.6 is 0 Å². The molecular weight excluding hydrogens is 414 g/mol. The van der Waals surface area contributed by atoms with Gasteiger partial charge in [0.1, 0.15) is 11.4 Å². The minimum Gasteiger partial charge on any atom is -0.493 e. The van der Waals surface area contributed by atoms with E-state index in [-0.39, 0.29) is 5.91 Å². The Bertz CT molecular complexity index is 1310. The van der Waals surface area contributed by atoms with Crippen LogP contribution < -0.4 is 4.74 Å². The van der Waals surface area contributed by atoms with E-state index in [1.54, 1.807) is 0 Å². The minimum atomic E-state index is 0.0395. The number of fused-ring (bicyclic) bond motifs is 1. The fourth-order valence-corrected chi connectivity index (χ4v) is 4.30. The highest BCUT2D eigenvalue weighted by atomic mass is 16.5. The summed E-state index contributed by atoms with van der Waals surface area (Å²) in [5, 5.41) is 1.02. The molecule has 0 radical (unpaired) electrons. The predicted octanol–water partition coefficient (Wildman–Crippen LogP) is 5.08. The molecule has 1 aliphatic heterocycles. The Balaban J connectivity index is 1.54. The molecule has 0 unspecified atom stereocenters. The lowest BCUT2D eigenvalue weighted by atomic mass is 9.99. The quantitative estimate of drug-likeness (QED) is 0.469. The van der Waals surface area contributed by atoms with Crippen molar-refractivity contribution in [3.05, 3.63) is 72.1 Å². The summed E-state index contributed by atoms with van der Waals surface area (Å²) in [5.41, 5.74) is 6.68. The molecule has 3 heterocycles. The second kappa shape index (κ2) is 9.08. The molecule has 0 saturated carbocycles. The molecule has 0 bridgehead atoms. The zero-order valence-electron chi connectivity index (χ0n) is 18.9. The lowest BCUT2D eigenvalue weighted by molar-refractivity contribution is 0.0303. The van der Waals surface area contributed by atoms with Gasteiger partial charge in [0.15, 0.2) is 0 Å². The summed E-state index contributed by atoms with van der Waals surface area (Å²) in [5.74, 6) is 0.894. The number of aromatic nitrogens is 2. The van der Waals surface area contributed by atoms with E-state index >= 15 is 0 Å². The molecule has 0 spiro atoms. The number of morpholine rings is 1. The number of aromatic amines is 1. The van der Waals surface area contributed by atoms with Gasteiger partial charge in [-0.3, -0.25) is 4.79 Å². The number of carbonyl (C=O) groups excluding carboxylic acids is 1. The molecule has 4 aromatic rings. The van der Waals surface area contributed by atoms with Crippen molar-refractivity contribution < 1.29 is 14.3 Å². The van der Waals surface area contributed by atoms with Crippen LogP contribution in [0.1, 0.15) is 22.8 Å². The van der Waals surface area contributed by atoms with Crippen LogP contribution in [0.3, 0.4) is 0 Å². The van der Waals surface area contributed by atoms with E-state index in [2.05, 4.69) is 35.1 Å². The summed E-state index contributed by atoms with van der Waals surface area (Å²) in [6.45, 7) is 7.10. The molecule has 2 aromatic heterocycles. The van der Waals surface area contributed by atoms with E-state index in [1.807, 2.05) is 54.5 Å². The number of aryl methyl sites for hydroxylation is 1. The number of nitrogens with zero attached hydrogens (tertiary/aromatic N) is 2. The third-order valence-electron chi connectivity index (χ3n) is 6.00. The van der Waals surface area contributed by atoms with Gasteiger partial charge < -0.3 is 19.4 Å². The Morgan fingerprint density at radius 1 is 1.09 bits per heavy atom. The van der Waals surface area contributed by atoms with Crippen LogP contribution in [0.15, 0.2) is 60.9 Å². The fraction of sp³-hybridized carbons (Fsp3) is 0.259. The molecule has 2 aromatic carbocycles. The van der Waals surface area contributed by atoms with E-state index in [4.69, 9.17) is 9.47 Å². The normalized spacial score (nSPS) is 13.9. The van der Waals surface area contributed by atoms with Crippen molar-refractivity contribution in [2.24, 2.45) is 0 Å². The van der Waals surface area contributed by atoms with Gasteiger partial charge in [0.2, 0.25) is 0 Å². The third kappa shape index (κ3) is 4.22. The standard InChI is InChI=1S/C27H27N3O3/c1-3-33-25-8-7-18(2)13-22(25)24-17-29-26-23(24)15-21(16-28-26)19-5-4-6-20(14-19)27(31)30-9-11-32-12-10-30/h4-8,13-17H,3,9-12H2,1-2H3,(H,28,29). The van der Waals surface area contributed by atoms with Crippen molar-refractivity contribution in [3.8, 4) is 28.0 Å². The summed E-state index contributed by atoms with van der Waals surface area (Å²) in [7, 11) is 0. The zero-order chi connectivity index (χ0) is 22.8. The van der Waals surface area contributed by atoms with Gasteiger partial charge in [-0.1, -0.05) is 23.8 Å². The van der Waals surface area contributed by atoms with E-state index in [0.717, 1.165) is 39.0 Å². The van der Waals surface area contributed by atoms with E-state index in [1.165, 1.54) is 5.56 Å². The van der Waals surface area contributed by atoms with Gasteiger partial charge in [0.05, 0.1) is 19.8 Å². The number of H-pyrrole nitrogens is 1. The van der Waals surface area contributed by atoms with Crippen molar-refractivity contribution in [2.75, 3.05) is 32.9 Å². The van der Waals surface area contributed by atoms with Crippen LogP contribution in [-0.2, 0) is 4.74 Å². The van der Waals surface area contributed by atoms with E-state index in [0.29, 0.717) is 38.5 Å². The fourth-order valence-electron chi connectivity index (χ4n) is 4.30. The number of ether oxygens (including phenoxy) is 2. The Labute approximate surface area is 193 Å². The zero-order valence-corrected chi connectivity index (χ0v) is 18.9. The van der Waals surface area contributed by atoms with Gasteiger partial charge in [-0.05, 0) is 49.7 Å². The second-order valence-corrected chi connectivity index (χ2v) is 8.24. The monoisotopic (exact) mass is 441 g/mol. The lowest BCUT2D eigenvalue weighted by Gasteiger charge is -2.27. The van der Waals surface area contributed by atoms with Gasteiger partial charge in [0, 0.05) is 53.1 Å². The number of amides is 1. The first-order chi connectivity index (χ1) is 16.1. The summed E-state index contributed by atoms with van der Waals surface area (Å²) in [4.78, 5) is 22.8. The summed E-state index contributed by atoms with van der Waals surface area (Å²) in [6.07, 6.45) is 3.83. The van der Waals surface area contributed by atoms with Crippen LogP contribution in [0.25, 0.3) is 33.3 Å². The number of hydrogen-bond acceptors (Lipinski definition) is 4. The number of benzene rings is 2. The van der Waals surface area contributed by atoms with Gasteiger partial charge >= 0.3 is 0 Å². The molecule has 0 atom stereocenters. The average molecular weight is 442 g/mol. The maximum absolute atomic E-state index is 13.0. The van der Waals surface area contributed by atoms with Gasteiger partial charge in [-0.25, -0.2) is 4.98 Å². The van der Waals surface area contributed by atoms with Crippen molar-refractivity contribution in [2.45, 2.75) is 13.8 Å². The highest BCUT2D eigenvalue weighted by Gasteiger charge is 2.19. The first-order valence-electron chi connectivity index (χ1n) is 11.3. The number of nitrogens with one attached hydrogen (secondary N) is 1. The second-order valence-electron chi connectivity index (χ2n) is 8.24. The molecule has 5 rings (SSSR count). The van der Waals surface area contributed by atoms with E-state index in [9.17, 15) is 4.79 Å². The Morgan fingerprint density at radius 2 is 1.94 bits per heavy atom. The minimum absolute atomic E-state index is 0.0395. The molecule has 6 nitrogen and oxygen atoms in total. The SMILES string of the molecule is CCOc1ccc(C)cc1-c1c[nH]c2ncc(-c3cccc(C(=O)N4CCOCC4)c3)cc12. The molecule has 1 N–H and O–H groups in total. The molecule has 33 heavy (non-hydrogen) atoms. The highest BCUT2D eigenvalue weighted by Crippen LogP contribution is 2.37. The van der Waals surface area contributed by atoms with Crippen molar-refractivity contribution >= 4 is 16.9 Å². The predicted molar refractivity (Wildman–Crippen MR) is 130 cm³/mol. The van der Waals surface area contributed by atoms with Gasteiger partial charge in [0.25, 0.3) is 5.91 Å². The topological polar surface area (TPSA) is 67.5 Å². The average Bonchev–Trinajstić information content (AvgIpc) is 3.28. The van der Waals surface area contributed by atoms with Gasteiger partial charge in [-0.2, -0.15) is 0 Å². The summed E-state index contributed by atoms with van der Waals surface area (Å²) >= 11 is 0. The number of carbonyl (C=O) groups is 1. The highest BCUT2D eigenvalue weighted by molar-refractivity contribution is 5.98. The molecule has 6 heteroatoms.